The molecule has 0 bridgehead atoms. The van der Waals surface area contributed by atoms with Gasteiger partial charge in [0.2, 0.25) is 15.9 Å². The molecule has 10 heteroatoms. The highest BCUT2D eigenvalue weighted by atomic mass is 79.9. The SMILES string of the molecule is COc1ccc(S(=O)(=O)N2CCOCC2)cc1NC(=O)C=Cc1ccc(Br)s1. The number of thiophene rings is 1. The van der Waals surface area contributed by atoms with Crippen molar-refractivity contribution >= 4 is 55.0 Å². The Morgan fingerprint density at radius 1 is 1.29 bits per heavy atom. The number of anilines is 1. The molecule has 0 atom stereocenters. The molecule has 150 valence electrons. The van der Waals surface area contributed by atoms with Crippen molar-refractivity contribution < 1.29 is 22.7 Å². The third-order valence-electron chi connectivity index (χ3n) is 4.03. The standard InChI is InChI=1S/C18H19BrN2O5S2/c1-25-16-5-4-14(28(23,24)21-8-10-26-11-9-21)12-15(16)20-18(22)7-3-13-2-6-17(19)27-13/h2-7,12H,8-11H2,1H3,(H,20,22). The number of carbonyl (C=O) groups excluding carboxylic acids is 1. The molecule has 1 aromatic heterocycles. The summed E-state index contributed by atoms with van der Waals surface area (Å²) in [6.07, 6.45) is 3.08. The number of amides is 1. The van der Waals surface area contributed by atoms with Crippen molar-refractivity contribution in [2.45, 2.75) is 4.90 Å². The van der Waals surface area contributed by atoms with Crippen LogP contribution in [0.15, 0.2) is 45.1 Å². The van der Waals surface area contributed by atoms with Crippen LogP contribution in [-0.2, 0) is 19.6 Å². The van der Waals surface area contributed by atoms with Crippen molar-refractivity contribution in [3.63, 3.8) is 0 Å². The van der Waals surface area contributed by atoms with Crippen molar-refractivity contribution in [1.82, 2.24) is 4.31 Å². The molecule has 1 aromatic carbocycles. The molecular weight excluding hydrogens is 468 g/mol. The number of rotatable bonds is 6. The Hall–Kier alpha value is -1.72. The normalized spacial score (nSPS) is 15.6. The zero-order valence-corrected chi connectivity index (χ0v) is 18.3. The highest BCUT2D eigenvalue weighted by Crippen LogP contribution is 2.29. The van der Waals surface area contributed by atoms with Crippen LogP contribution in [0.1, 0.15) is 4.88 Å². The van der Waals surface area contributed by atoms with Crippen LogP contribution in [0.25, 0.3) is 6.08 Å². The fourth-order valence-electron chi connectivity index (χ4n) is 2.63. The van der Waals surface area contributed by atoms with Crippen molar-refractivity contribution in [1.29, 1.82) is 0 Å². The van der Waals surface area contributed by atoms with E-state index in [0.717, 1.165) is 8.66 Å². The number of hydrogen-bond acceptors (Lipinski definition) is 6. The van der Waals surface area contributed by atoms with Crippen LogP contribution in [0.4, 0.5) is 5.69 Å². The number of nitrogens with one attached hydrogen (secondary N) is 1. The lowest BCUT2D eigenvalue weighted by atomic mass is 10.3. The molecule has 1 amide bonds. The van der Waals surface area contributed by atoms with Crippen molar-refractivity contribution in [2.75, 3.05) is 38.7 Å². The first-order valence-corrected chi connectivity index (χ1v) is 11.5. The number of morpholine rings is 1. The van der Waals surface area contributed by atoms with E-state index in [1.807, 2.05) is 12.1 Å². The van der Waals surface area contributed by atoms with E-state index >= 15 is 0 Å². The summed E-state index contributed by atoms with van der Waals surface area (Å²) in [6, 6.07) is 8.19. The minimum absolute atomic E-state index is 0.0941. The van der Waals surface area contributed by atoms with Gasteiger partial charge in [0.15, 0.2) is 0 Å². The van der Waals surface area contributed by atoms with E-state index in [1.54, 1.807) is 6.08 Å². The van der Waals surface area contributed by atoms with Gasteiger partial charge in [-0.05, 0) is 52.3 Å². The van der Waals surface area contributed by atoms with E-state index in [-0.39, 0.29) is 10.8 Å². The second-order valence-electron chi connectivity index (χ2n) is 5.84. The summed E-state index contributed by atoms with van der Waals surface area (Å²) < 4.78 is 38.5. The van der Waals surface area contributed by atoms with Crippen molar-refractivity contribution in [2.24, 2.45) is 0 Å². The molecule has 0 saturated carbocycles. The molecule has 1 saturated heterocycles. The molecule has 0 aliphatic carbocycles. The Labute approximate surface area is 176 Å². The average Bonchev–Trinajstić information content (AvgIpc) is 3.12. The van der Waals surface area contributed by atoms with Crippen molar-refractivity contribution in [3.8, 4) is 5.75 Å². The number of carbonyl (C=O) groups is 1. The van der Waals surface area contributed by atoms with Gasteiger partial charge in [-0.3, -0.25) is 4.79 Å². The van der Waals surface area contributed by atoms with Gasteiger partial charge in [0.05, 0.1) is 34.7 Å². The van der Waals surface area contributed by atoms with Crippen molar-refractivity contribution in [3.05, 3.63) is 45.1 Å². The first-order valence-electron chi connectivity index (χ1n) is 8.40. The van der Waals surface area contributed by atoms with Crippen LogP contribution in [0.3, 0.4) is 0 Å². The lowest BCUT2D eigenvalue weighted by molar-refractivity contribution is -0.111. The second-order valence-corrected chi connectivity index (χ2v) is 10.3. The molecule has 3 rings (SSSR count). The Morgan fingerprint density at radius 2 is 2.04 bits per heavy atom. The van der Waals surface area contributed by atoms with Gasteiger partial charge in [-0.2, -0.15) is 4.31 Å². The third-order valence-corrected chi connectivity index (χ3v) is 7.51. The lowest BCUT2D eigenvalue weighted by Crippen LogP contribution is -2.40. The van der Waals surface area contributed by atoms with Crippen LogP contribution >= 0.6 is 27.3 Å². The molecule has 0 radical (unpaired) electrons. The maximum absolute atomic E-state index is 12.8. The highest BCUT2D eigenvalue weighted by molar-refractivity contribution is 9.11. The molecule has 1 N–H and O–H groups in total. The number of benzene rings is 1. The summed E-state index contributed by atoms with van der Waals surface area (Å²) in [5.74, 6) is -0.00899. The third kappa shape index (κ3) is 5.00. The number of hydrogen-bond donors (Lipinski definition) is 1. The van der Waals surface area contributed by atoms with Gasteiger partial charge in [0, 0.05) is 24.0 Å². The fourth-order valence-corrected chi connectivity index (χ4v) is 5.39. The van der Waals surface area contributed by atoms with Gasteiger partial charge in [0.1, 0.15) is 5.75 Å². The molecule has 1 fully saturated rings. The van der Waals surface area contributed by atoms with Crippen LogP contribution in [0, 0.1) is 0 Å². The first kappa shape index (κ1) is 21.0. The van der Waals surface area contributed by atoms with Crippen LogP contribution in [0.5, 0.6) is 5.75 Å². The predicted octanol–water partition coefficient (Wildman–Crippen LogP) is 3.19. The highest BCUT2D eigenvalue weighted by Gasteiger charge is 2.27. The molecule has 2 heterocycles. The fraction of sp³-hybridized carbons (Fsp3) is 0.278. The number of sulfonamides is 1. The monoisotopic (exact) mass is 486 g/mol. The smallest absolute Gasteiger partial charge is 0.248 e. The average molecular weight is 487 g/mol. The lowest BCUT2D eigenvalue weighted by Gasteiger charge is -2.26. The maximum Gasteiger partial charge on any atom is 0.248 e. The summed E-state index contributed by atoms with van der Waals surface area (Å²) in [5, 5.41) is 2.69. The summed E-state index contributed by atoms with van der Waals surface area (Å²) in [4.78, 5) is 13.3. The number of halogens is 1. The van der Waals surface area contributed by atoms with E-state index in [1.165, 1.54) is 47.0 Å². The van der Waals surface area contributed by atoms with Crippen LogP contribution in [0.2, 0.25) is 0 Å². The molecule has 1 aliphatic rings. The predicted molar refractivity (Wildman–Crippen MR) is 112 cm³/mol. The molecule has 7 nitrogen and oxygen atoms in total. The molecule has 0 spiro atoms. The van der Waals surface area contributed by atoms with Gasteiger partial charge >= 0.3 is 0 Å². The quantitative estimate of drug-likeness (QED) is 0.633. The molecule has 1 aliphatic heterocycles. The van der Waals surface area contributed by atoms with Crippen LogP contribution in [-0.4, -0.2) is 52.0 Å². The Morgan fingerprint density at radius 3 is 2.68 bits per heavy atom. The first-order chi connectivity index (χ1) is 13.4. The molecular formula is C18H19BrN2O5S2. The maximum atomic E-state index is 12.8. The van der Waals surface area contributed by atoms with E-state index in [2.05, 4.69) is 21.2 Å². The number of methoxy groups -OCH3 is 1. The van der Waals surface area contributed by atoms with Gasteiger partial charge in [-0.15, -0.1) is 11.3 Å². The number of nitrogens with zero attached hydrogens (tertiary/aromatic N) is 1. The van der Waals surface area contributed by atoms with Gasteiger partial charge in [0.25, 0.3) is 0 Å². The Kier molecular flexibility index (Phi) is 6.89. The Balaban J connectivity index is 1.80. The summed E-state index contributed by atoms with van der Waals surface area (Å²) in [5.41, 5.74) is 0.291. The van der Waals surface area contributed by atoms with Gasteiger partial charge in [-0.1, -0.05) is 0 Å². The minimum atomic E-state index is -3.67. The summed E-state index contributed by atoms with van der Waals surface area (Å²) >= 11 is 4.87. The van der Waals surface area contributed by atoms with Crippen LogP contribution < -0.4 is 10.1 Å². The van der Waals surface area contributed by atoms with E-state index < -0.39 is 10.0 Å². The minimum Gasteiger partial charge on any atom is -0.495 e. The van der Waals surface area contributed by atoms with E-state index in [0.29, 0.717) is 37.7 Å². The van der Waals surface area contributed by atoms with E-state index in [9.17, 15) is 13.2 Å². The summed E-state index contributed by atoms with van der Waals surface area (Å²) in [7, 11) is -2.21. The zero-order chi connectivity index (χ0) is 20.1. The summed E-state index contributed by atoms with van der Waals surface area (Å²) in [6.45, 7) is 1.33. The topological polar surface area (TPSA) is 84.9 Å². The molecule has 0 unspecified atom stereocenters. The second kappa shape index (κ2) is 9.19. The van der Waals surface area contributed by atoms with Gasteiger partial charge in [-0.25, -0.2) is 8.42 Å². The van der Waals surface area contributed by atoms with E-state index in [4.69, 9.17) is 9.47 Å². The van der Waals surface area contributed by atoms with Gasteiger partial charge < -0.3 is 14.8 Å². The molecule has 2 aromatic rings. The number of ether oxygens (including phenoxy) is 2. The molecule has 28 heavy (non-hydrogen) atoms. The largest absolute Gasteiger partial charge is 0.495 e. The Bertz CT molecular complexity index is 982. The zero-order valence-electron chi connectivity index (χ0n) is 15.1.